The largest absolute Gasteiger partial charge is 0.493 e. The normalized spacial score (nSPS) is 12.4. The Hall–Kier alpha value is -1.95. The molecule has 0 amide bonds. The van der Waals surface area contributed by atoms with Crippen molar-refractivity contribution in [2.45, 2.75) is 19.5 Å². The Labute approximate surface area is 99.4 Å². The van der Waals surface area contributed by atoms with Crippen molar-refractivity contribution in [3.63, 3.8) is 0 Å². The molecule has 0 aliphatic heterocycles. The van der Waals surface area contributed by atoms with Gasteiger partial charge in [-0.2, -0.15) is 5.10 Å². The first kappa shape index (κ1) is 11.5. The van der Waals surface area contributed by atoms with Gasteiger partial charge in [0.25, 0.3) is 0 Å². The molecule has 2 aromatic rings. The summed E-state index contributed by atoms with van der Waals surface area (Å²) in [5, 5.41) is 4.21. The molecule has 90 valence electrons. The number of aromatic nitrogens is 4. The first-order valence-electron chi connectivity index (χ1n) is 5.40. The highest BCUT2D eigenvalue weighted by Crippen LogP contribution is 2.26. The summed E-state index contributed by atoms with van der Waals surface area (Å²) in [6, 6.07) is 1.32. The number of nitrogens with two attached hydrogens (primary N) is 1. The molecule has 6 nitrogen and oxygen atoms in total. The summed E-state index contributed by atoms with van der Waals surface area (Å²) in [6.45, 7) is 2.72. The average Bonchev–Trinajstić information content (AvgIpc) is 2.81. The summed E-state index contributed by atoms with van der Waals surface area (Å²) in [7, 11) is 1.60. The van der Waals surface area contributed by atoms with Crippen LogP contribution >= 0.6 is 0 Å². The van der Waals surface area contributed by atoms with Gasteiger partial charge in [-0.25, -0.2) is 9.97 Å². The summed E-state index contributed by atoms with van der Waals surface area (Å²) in [5.74, 6) is 1.22. The topological polar surface area (TPSA) is 78.9 Å². The monoisotopic (exact) mass is 233 g/mol. The molecule has 0 aliphatic rings. The van der Waals surface area contributed by atoms with Crippen LogP contribution in [-0.2, 0) is 6.54 Å². The van der Waals surface area contributed by atoms with E-state index < -0.39 is 6.04 Å². The highest BCUT2D eigenvalue weighted by molar-refractivity contribution is 5.31. The molecule has 17 heavy (non-hydrogen) atoms. The SMILES string of the molecule is CCn1ncc(OC)c1C(N)c1ncccn1. The highest BCUT2D eigenvalue weighted by Gasteiger charge is 2.21. The van der Waals surface area contributed by atoms with Crippen LogP contribution in [0.5, 0.6) is 5.75 Å². The quantitative estimate of drug-likeness (QED) is 0.843. The van der Waals surface area contributed by atoms with Crippen molar-refractivity contribution in [1.82, 2.24) is 19.7 Å². The molecule has 2 rings (SSSR count). The van der Waals surface area contributed by atoms with Crippen molar-refractivity contribution in [3.8, 4) is 5.75 Å². The second-order valence-corrected chi connectivity index (χ2v) is 3.50. The van der Waals surface area contributed by atoms with E-state index in [9.17, 15) is 0 Å². The van der Waals surface area contributed by atoms with Gasteiger partial charge in [0.1, 0.15) is 11.7 Å². The maximum Gasteiger partial charge on any atom is 0.162 e. The zero-order chi connectivity index (χ0) is 12.3. The number of hydrogen-bond acceptors (Lipinski definition) is 5. The van der Waals surface area contributed by atoms with Gasteiger partial charge in [0.15, 0.2) is 11.6 Å². The molecular weight excluding hydrogens is 218 g/mol. The molecule has 2 N–H and O–H groups in total. The van der Waals surface area contributed by atoms with Gasteiger partial charge in [-0.1, -0.05) is 0 Å². The van der Waals surface area contributed by atoms with Gasteiger partial charge in [-0.05, 0) is 13.0 Å². The van der Waals surface area contributed by atoms with Crippen molar-refractivity contribution in [1.29, 1.82) is 0 Å². The molecule has 1 unspecified atom stereocenters. The molecule has 6 heteroatoms. The van der Waals surface area contributed by atoms with Crippen molar-refractivity contribution >= 4 is 0 Å². The van der Waals surface area contributed by atoms with Crippen LogP contribution in [0.2, 0.25) is 0 Å². The molecule has 0 saturated heterocycles. The molecule has 0 spiro atoms. The molecule has 0 bridgehead atoms. The maximum absolute atomic E-state index is 6.15. The first-order valence-corrected chi connectivity index (χ1v) is 5.40. The third kappa shape index (κ3) is 2.12. The third-order valence-corrected chi connectivity index (χ3v) is 2.52. The summed E-state index contributed by atoms with van der Waals surface area (Å²) in [4.78, 5) is 8.31. The van der Waals surface area contributed by atoms with E-state index in [1.54, 1.807) is 36.4 Å². The van der Waals surface area contributed by atoms with E-state index in [0.717, 1.165) is 12.2 Å². The number of rotatable bonds is 4. The van der Waals surface area contributed by atoms with Crippen LogP contribution in [-0.4, -0.2) is 26.9 Å². The van der Waals surface area contributed by atoms with Crippen LogP contribution in [0.25, 0.3) is 0 Å². The van der Waals surface area contributed by atoms with E-state index in [4.69, 9.17) is 10.5 Å². The fraction of sp³-hybridized carbons (Fsp3) is 0.364. The van der Waals surface area contributed by atoms with Crippen LogP contribution in [0.4, 0.5) is 0 Å². The second-order valence-electron chi connectivity index (χ2n) is 3.50. The molecule has 1 atom stereocenters. The Bertz CT molecular complexity index is 460. The van der Waals surface area contributed by atoms with Gasteiger partial charge < -0.3 is 10.5 Å². The lowest BCUT2D eigenvalue weighted by Gasteiger charge is -2.13. The van der Waals surface area contributed by atoms with E-state index in [1.807, 2.05) is 6.92 Å². The molecule has 2 heterocycles. The van der Waals surface area contributed by atoms with Crippen LogP contribution < -0.4 is 10.5 Å². The van der Waals surface area contributed by atoms with E-state index in [-0.39, 0.29) is 0 Å². The van der Waals surface area contributed by atoms with Crippen molar-refractivity contribution < 1.29 is 4.74 Å². The Morgan fingerprint density at radius 3 is 2.71 bits per heavy atom. The molecule has 0 aromatic carbocycles. The summed E-state index contributed by atoms with van der Waals surface area (Å²) in [6.07, 6.45) is 4.99. The fourth-order valence-corrected chi connectivity index (χ4v) is 1.69. The van der Waals surface area contributed by atoms with Gasteiger partial charge in [-0.15, -0.1) is 0 Å². The average molecular weight is 233 g/mol. The van der Waals surface area contributed by atoms with E-state index in [2.05, 4.69) is 15.1 Å². The predicted octanol–water partition coefficient (Wildman–Crippen LogP) is 0.750. The number of hydrogen-bond donors (Lipinski definition) is 1. The van der Waals surface area contributed by atoms with Crippen molar-refractivity contribution in [2.24, 2.45) is 5.73 Å². The van der Waals surface area contributed by atoms with Gasteiger partial charge in [0, 0.05) is 18.9 Å². The maximum atomic E-state index is 6.15. The Morgan fingerprint density at radius 2 is 2.12 bits per heavy atom. The minimum absolute atomic E-state index is 0.436. The highest BCUT2D eigenvalue weighted by atomic mass is 16.5. The minimum Gasteiger partial charge on any atom is -0.493 e. The Balaban J connectivity index is 2.42. The zero-order valence-corrected chi connectivity index (χ0v) is 9.87. The lowest BCUT2D eigenvalue weighted by atomic mass is 10.2. The lowest BCUT2D eigenvalue weighted by molar-refractivity contribution is 0.404. The standard InChI is InChI=1S/C11H15N5O/c1-3-16-10(8(17-2)7-15-16)9(12)11-13-5-4-6-14-11/h4-7,9H,3,12H2,1-2H3. The Morgan fingerprint density at radius 1 is 1.41 bits per heavy atom. The van der Waals surface area contributed by atoms with Crippen molar-refractivity contribution in [3.05, 3.63) is 36.2 Å². The smallest absolute Gasteiger partial charge is 0.162 e. The van der Waals surface area contributed by atoms with Gasteiger partial charge in [0.2, 0.25) is 0 Å². The third-order valence-electron chi connectivity index (χ3n) is 2.52. The molecule has 0 aliphatic carbocycles. The zero-order valence-electron chi connectivity index (χ0n) is 9.87. The summed E-state index contributed by atoms with van der Waals surface area (Å²) in [5.41, 5.74) is 6.94. The van der Waals surface area contributed by atoms with Crippen LogP contribution in [0.15, 0.2) is 24.7 Å². The Kier molecular flexibility index (Phi) is 3.34. The molecule has 0 radical (unpaired) electrons. The van der Waals surface area contributed by atoms with E-state index in [1.165, 1.54) is 0 Å². The predicted molar refractivity (Wildman–Crippen MR) is 62.5 cm³/mol. The minimum atomic E-state index is -0.436. The van der Waals surface area contributed by atoms with Crippen LogP contribution in [0, 0.1) is 0 Å². The number of nitrogens with zero attached hydrogens (tertiary/aromatic N) is 4. The first-order chi connectivity index (χ1) is 8.27. The summed E-state index contributed by atoms with van der Waals surface area (Å²) < 4.78 is 7.04. The van der Waals surface area contributed by atoms with Gasteiger partial charge in [0.05, 0.1) is 13.3 Å². The number of ether oxygens (including phenoxy) is 1. The number of methoxy groups -OCH3 is 1. The van der Waals surface area contributed by atoms with E-state index >= 15 is 0 Å². The second kappa shape index (κ2) is 4.92. The van der Waals surface area contributed by atoms with Crippen LogP contribution in [0.3, 0.4) is 0 Å². The fourth-order valence-electron chi connectivity index (χ4n) is 1.69. The molecule has 2 aromatic heterocycles. The molecule has 0 fully saturated rings. The lowest BCUT2D eigenvalue weighted by Crippen LogP contribution is -2.20. The van der Waals surface area contributed by atoms with Gasteiger partial charge in [-0.3, -0.25) is 4.68 Å². The van der Waals surface area contributed by atoms with Gasteiger partial charge >= 0.3 is 0 Å². The molecule has 0 saturated carbocycles. The van der Waals surface area contributed by atoms with Crippen LogP contribution in [0.1, 0.15) is 24.5 Å². The summed E-state index contributed by atoms with van der Waals surface area (Å²) >= 11 is 0. The molecular formula is C11H15N5O. The van der Waals surface area contributed by atoms with Crippen molar-refractivity contribution in [2.75, 3.05) is 7.11 Å². The number of aryl methyl sites for hydroxylation is 1. The van der Waals surface area contributed by atoms with E-state index in [0.29, 0.717) is 11.6 Å².